The third kappa shape index (κ3) is 4.30. The number of carbonyl (C=O) groups is 2. The van der Waals surface area contributed by atoms with Crippen molar-refractivity contribution < 1.29 is 23.2 Å². The second-order valence-electron chi connectivity index (χ2n) is 17.6. The van der Waals surface area contributed by atoms with Gasteiger partial charge < -0.3 is 0 Å². The van der Waals surface area contributed by atoms with Crippen molar-refractivity contribution in [2.24, 2.45) is 57.2 Å². The van der Waals surface area contributed by atoms with Gasteiger partial charge in [0.25, 0.3) is 0 Å². The highest BCUT2D eigenvalue weighted by atomic mass is 31.1. The predicted molar refractivity (Wildman–Crippen MR) is 171 cm³/mol. The van der Waals surface area contributed by atoms with Crippen molar-refractivity contribution in [3.05, 3.63) is 23.3 Å². The molecule has 0 radical (unpaired) electrons. The molecule has 0 spiro atoms. The van der Waals surface area contributed by atoms with Crippen LogP contribution in [0.5, 0.6) is 0 Å². The number of allylic oxidation sites excluding steroid dienone is 2. The number of hydrogen-bond donors (Lipinski definition) is 0. The lowest BCUT2D eigenvalue weighted by Gasteiger charge is -2.57. The van der Waals surface area contributed by atoms with Gasteiger partial charge in [0, 0.05) is 28.2 Å². The zero-order valence-corrected chi connectivity index (χ0v) is 28.5. The molecule has 0 amide bonds. The van der Waals surface area contributed by atoms with Gasteiger partial charge in [-0.05, 0) is 148 Å². The van der Waals surface area contributed by atoms with Crippen molar-refractivity contribution in [2.75, 3.05) is 0 Å². The summed E-state index contributed by atoms with van der Waals surface area (Å²) in [6.45, 7) is 9.74. The van der Waals surface area contributed by atoms with E-state index in [4.69, 9.17) is 9.05 Å². The molecule has 44 heavy (non-hydrogen) atoms. The van der Waals surface area contributed by atoms with E-state index in [0.717, 1.165) is 64.2 Å². The van der Waals surface area contributed by atoms with Gasteiger partial charge in [-0.25, -0.2) is 0 Å². The predicted octanol–water partition coefficient (Wildman–Crippen LogP) is 9.48. The molecule has 240 valence electrons. The quantitative estimate of drug-likeness (QED) is 0.293. The van der Waals surface area contributed by atoms with Gasteiger partial charge in [-0.3, -0.25) is 9.59 Å². The lowest BCUT2D eigenvalue weighted by Crippen LogP contribution is -2.51. The topological polar surface area (TPSA) is 69.7 Å². The van der Waals surface area contributed by atoms with E-state index < -0.39 is 8.25 Å². The Labute approximate surface area is 265 Å². The van der Waals surface area contributed by atoms with Gasteiger partial charge in [-0.1, -0.05) is 38.8 Å². The Hall–Kier alpha value is -1.16. The average molecular weight is 622 g/mol. The summed E-state index contributed by atoms with van der Waals surface area (Å²) in [5, 5.41) is 0. The molecule has 12 atom stereocenters. The Morgan fingerprint density at radius 1 is 0.568 bits per heavy atom. The van der Waals surface area contributed by atoms with E-state index in [1.54, 1.807) is 0 Å². The molecule has 0 aromatic heterocycles. The van der Waals surface area contributed by atoms with Crippen LogP contribution in [-0.4, -0.2) is 23.8 Å². The molecule has 0 saturated heterocycles. The van der Waals surface area contributed by atoms with Crippen molar-refractivity contribution >= 4 is 19.8 Å². The lowest BCUT2D eigenvalue weighted by atomic mass is 9.47. The van der Waals surface area contributed by atoms with Gasteiger partial charge in [0.2, 0.25) is 0 Å². The SMILES string of the molecule is C[C@]12CC[C@H]3[C@@H](CCC4=CC(=O)CC[C@@]43C)[C@@H]1CC[C@@H]2O[P+](=O)O[C@H]1CC[C@H]2[C@@H]3CCC4=CC(=O)CC[C@]4(C)[C@H]3CC[C@]12C. The van der Waals surface area contributed by atoms with Gasteiger partial charge in [0.1, 0.15) is 12.2 Å². The molecule has 5 nitrogen and oxygen atoms in total. The summed E-state index contributed by atoms with van der Waals surface area (Å²) in [5.74, 6) is 4.54. The first-order chi connectivity index (χ1) is 21.0. The Balaban J connectivity index is 0.930. The first kappa shape index (κ1) is 30.2. The third-order valence-electron chi connectivity index (χ3n) is 16.2. The molecule has 0 aromatic rings. The maximum atomic E-state index is 13.7. The van der Waals surface area contributed by atoms with Crippen LogP contribution in [0.4, 0.5) is 0 Å². The fraction of sp³-hybridized carbons (Fsp3) is 0.842. The molecule has 6 fully saturated rings. The van der Waals surface area contributed by atoms with Crippen LogP contribution in [0.1, 0.15) is 130 Å². The molecule has 0 heterocycles. The Bertz CT molecular complexity index is 1240. The summed E-state index contributed by atoms with van der Waals surface area (Å²) in [4.78, 5) is 24.4. The second-order valence-corrected chi connectivity index (χ2v) is 18.5. The Morgan fingerprint density at radius 3 is 1.43 bits per heavy atom. The number of ketones is 2. The smallest absolute Gasteiger partial charge is 0.295 e. The maximum absolute atomic E-state index is 13.7. The molecule has 6 heteroatoms. The molecule has 0 aliphatic heterocycles. The minimum absolute atomic E-state index is 0.00740. The number of hydrogen-bond acceptors (Lipinski definition) is 5. The van der Waals surface area contributed by atoms with Crippen molar-refractivity contribution in [1.29, 1.82) is 0 Å². The monoisotopic (exact) mass is 621 g/mol. The van der Waals surface area contributed by atoms with Crippen LogP contribution < -0.4 is 0 Å². The standard InChI is InChI=1S/C38H54O5P/c1-35-17-13-25(39)21-23(35)5-7-27-29-9-11-33(37(29,3)19-15-31(27)35)42-44(41)43-34-12-10-30-28-8-6-24-22-26(40)14-18-36(24,2)32(28)16-20-38(30,34)4/h21-22,27-34H,5-20H2,1-4H3/q+1/t27-,28-,29-,30-,31-,32-,33-,34-,35-,36-,37-,38-/m0/s1. The third-order valence-corrected chi connectivity index (χ3v) is 17.0. The molecule has 0 N–H and O–H groups in total. The molecule has 6 saturated carbocycles. The fourth-order valence-electron chi connectivity index (χ4n) is 13.6. The van der Waals surface area contributed by atoms with Gasteiger partial charge in [0.15, 0.2) is 11.6 Å². The Morgan fingerprint density at radius 2 is 1.00 bits per heavy atom. The maximum Gasteiger partial charge on any atom is 0.697 e. The zero-order chi connectivity index (χ0) is 30.6. The van der Waals surface area contributed by atoms with Crippen LogP contribution in [0.15, 0.2) is 23.3 Å². The van der Waals surface area contributed by atoms with Crippen LogP contribution in [-0.2, 0) is 23.2 Å². The normalized spacial score (nSPS) is 51.2. The zero-order valence-electron chi connectivity index (χ0n) is 27.6. The number of carbonyl (C=O) groups excluding carboxylic acids is 2. The minimum atomic E-state index is -2.17. The molecule has 8 rings (SSSR count). The molecule has 0 bridgehead atoms. The van der Waals surface area contributed by atoms with Crippen LogP contribution in [0.25, 0.3) is 0 Å². The molecular weight excluding hydrogens is 567 g/mol. The van der Waals surface area contributed by atoms with Crippen molar-refractivity contribution in [3.8, 4) is 0 Å². The van der Waals surface area contributed by atoms with E-state index in [1.807, 2.05) is 12.2 Å². The van der Waals surface area contributed by atoms with E-state index in [2.05, 4.69) is 27.7 Å². The fourth-order valence-corrected chi connectivity index (χ4v) is 14.8. The molecule has 0 unspecified atom stereocenters. The Kier molecular flexibility index (Phi) is 7.15. The van der Waals surface area contributed by atoms with E-state index in [9.17, 15) is 14.2 Å². The first-order valence-corrected chi connectivity index (χ1v) is 19.3. The summed E-state index contributed by atoms with van der Waals surface area (Å²) in [5.41, 5.74) is 3.32. The summed E-state index contributed by atoms with van der Waals surface area (Å²) >= 11 is 0. The second kappa shape index (κ2) is 10.4. The van der Waals surface area contributed by atoms with E-state index in [1.165, 1.54) is 36.8 Å². The summed E-state index contributed by atoms with van der Waals surface area (Å²) in [7, 11) is -2.17. The van der Waals surface area contributed by atoms with Crippen LogP contribution in [0.3, 0.4) is 0 Å². The van der Waals surface area contributed by atoms with Crippen molar-refractivity contribution in [1.82, 2.24) is 0 Å². The van der Waals surface area contributed by atoms with Crippen LogP contribution in [0, 0.1) is 57.2 Å². The first-order valence-electron chi connectivity index (χ1n) is 18.2. The number of rotatable bonds is 4. The highest BCUT2D eigenvalue weighted by Gasteiger charge is 2.63. The molecule has 8 aliphatic rings. The molecular formula is C38H54O5P+. The minimum Gasteiger partial charge on any atom is -0.295 e. The average Bonchev–Trinajstić information content (AvgIpc) is 3.49. The van der Waals surface area contributed by atoms with Gasteiger partial charge >= 0.3 is 8.25 Å². The van der Waals surface area contributed by atoms with Crippen molar-refractivity contribution in [3.63, 3.8) is 0 Å². The van der Waals surface area contributed by atoms with E-state index in [-0.39, 0.29) is 33.9 Å². The van der Waals surface area contributed by atoms with E-state index in [0.29, 0.717) is 59.9 Å². The molecule has 0 aromatic carbocycles. The van der Waals surface area contributed by atoms with Gasteiger partial charge in [-0.15, -0.1) is 9.05 Å². The van der Waals surface area contributed by atoms with Crippen LogP contribution in [0.2, 0.25) is 0 Å². The van der Waals surface area contributed by atoms with Crippen LogP contribution >= 0.6 is 8.25 Å². The summed E-state index contributed by atoms with van der Waals surface area (Å²) in [6, 6.07) is 0. The highest BCUT2D eigenvalue weighted by Crippen LogP contribution is 2.68. The summed E-state index contributed by atoms with van der Waals surface area (Å²) < 4.78 is 26.7. The number of fused-ring (bicyclic) bond motifs is 10. The largest absolute Gasteiger partial charge is 0.697 e. The molecule has 8 aliphatic carbocycles. The lowest BCUT2D eigenvalue weighted by molar-refractivity contribution is -0.118. The van der Waals surface area contributed by atoms with E-state index >= 15 is 0 Å². The van der Waals surface area contributed by atoms with Gasteiger partial charge in [0.05, 0.1) is 0 Å². The van der Waals surface area contributed by atoms with Crippen molar-refractivity contribution in [2.45, 2.75) is 143 Å². The highest BCUT2D eigenvalue weighted by molar-refractivity contribution is 7.33. The van der Waals surface area contributed by atoms with Gasteiger partial charge in [-0.2, -0.15) is 0 Å². The summed E-state index contributed by atoms with van der Waals surface area (Å²) in [6.07, 6.45) is 20.9.